The summed E-state index contributed by atoms with van der Waals surface area (Å²) in [5.74, 6) is -0.141. The van der Waals surface area contributed by atoms with Crippen molar-refractivity contribution in [3.8, 4) is 6.07 Å². The Bertz CT molecular complexity index is 1150. The van der Waals surface area contributed by atoms with Crippen molar-refractivity contribution in [1.82, 2.24) is 10.4 Å². The van der Waals surface area contributed by atoms with E-state index >= 15 is 0 Å². The first kappa shape index (κ1) is 19.5. The van der Waals surface area contributed by atoms with Crippen LogP contribution in [0.25, 0.3) is 11.4 Å². The highest BCUT2D eigenvalue weighted by atomic mass is 19.4. The van der Waals surface area contributed by atoms with E-state index in [0.29, 0.717) is 28.1 Å². The minimum absolute atomic E-state index is 0.174. The highest BCUT2D eigenvalue weighted by Gasteiger charge is 2.33. The first-order valence-electron chi connectivity index (χ1n) is 9.03. The molecule has 4 rings (SSSR count). The zero-order valence-corrected chi connectivity index (χ0v) is 15.8. The number of aliphatic imine (C=N–C) groups is 1. The monoisotopic (exact) mass is 408 g/mol. The van der Waals surface area contributed by atoms with Crippen LogP contribution >= 0.6 is 0 Å². The molecule has 2 aromatic rings. The molecule has 0 unspecified atom stereocenters. The van der Waals surface area contributed by atoms with Gasteiger partial charge in [-0.05, 0) is 42.3 Å². The molecule has 0 amide bonds. The molecule has 0 aromatic heterocycles. The number of amidine groups is 1. The van der Waals surface area contributed by atoms with Gasteiger partial charge >= 0.3 is 6.18 Å². The lowest BCUT2D eigenvalue weighted by atomic mass is 10.0. The molecule has 150 valence electrons. The van der Waals surface area contributed by atoms with E-state index in [1.54, 1.807) is 24.3 Å². The molecule has 30 heavy (non-hydrogen) atoms. The van der Waals surface area contributed by atoms with Gasteiger partial charge in [0.25, 0.3) is 0 Å². The van der Waals surface area contributed by atoms with Crippen LogP contribution in [0.5, 0.6) is 0 Å². The van der Waals surface area contributed by atoms with Gasteiger partial charge in [0.05, 0.1) is 35.1 Å². The van der Waals surface area contributed by atoms with Gasteiger partial charge in [0, 0.05) is 11.6 Å². The Hall–Kier alpha value is -3.86. The number of hydrogen-bond donors (Lipinski definition) is 1. The fraction of sp³-hybridized carbons (Fsp3) is 0.136. The third kappa shape index (κ3) is 3.46. The van der Waals surface area contributed by atoms with Gasteiger partial charge in [0.15, 0.2) is 5.84 Å². The van der Waals surface area contributed by atoms with Gasteiger partial charge in [-0.1, -0.05) is 24.3 Å². The van der Waals surface area contributed by atoms with Crippen LogP contribution in [-0.2, 0) is 11.0 Å². The third-order valence-electron chi connectivity index (χ3n) is 4.84. The van der Waals surface area contributed by atoms with Crippen LogP contribution in [0.4, 0.5) is 13.2 Å². The smallest absolute Gasteiger partial charge is 0.292 e. The summed E-state index contributed by atoms with van der Waals surface area (Å²) in [4.78, 5) is 17.0. The predicted octanol–water partition coefficient (Wildman–Crippen LogP) is 4.15. The first-order valence-corrected chi connectivity index (χ1v) is 9.03. The van der Waals surface area contributed by atoms with Crippen LogP contribution in [0, 0.1) is 11.3 Å². The Labute approximate surface area is 170 Å². The Morgan fingerprint density at radius 3 is 2.30 bits per heavy atom. The molecule has 0 radical (unpaired) electrons. The second-order valence-corrected chi connectivity index (χ2v) is 6.90. The largest absolute Gasteiger partial charge is 0.416 e. The molecule has 0 aliphatic carbocycles. The molecule has 0 saturated carbocycles. The molecule has 2 aromatic carbocycles. The maximum Gasteiger partial charge on any atom is 0.416 e. The first-order chi connectivity index (χ1) is 14.3. The number of hydrogen-bond acceptors (Lipinski definition) is 5. The highest BCUT2D eigenvalue weighted by Crippen LogP contribution is 2.33. The molecule has 8 heteroatoms. The number of nitrogens with one attached hydrogen (secondary N) is 1. The number of fused-ring (bicyclic) bond motifs is 1. The van der Waals surface area contributed by atoms with Crippen molar-refractivity contribution >= 4 is 23.0 Å². The predicted molar refractivity (Wildman–Crippen MR) is 105 cm³/mol. The number of benzene rings is 2. The standard InChI is InChI=1S/C22H15F3N4O/c1-13-12-27-21-19(30)10-18(15-4-2-14(11-26)3-5-15)28-29(21)20(13)16-6-8-17(9-7-16)22(23,24)25/h2-10,28H,12H2,1H3. The van der Waals surface area contributed by atoms with Gasteiger partial charge in [0.2, 0.25) is 5.78 Å². The summed E-state index contributed by atoms with van der Waals surface area (Å²) in [5, 5.41) is 10.5. The fourth-order valence-corrected chi connectivity index (χ4v) is 3.35. The second-order valence-electron chi connectivity index (χ2n) is 6.90. The quantitative estimate of drug-likeness (QED) is 0.811. The summed E-state index contributed by atoms with van der Waals surface area (Å²) in [6.45, 7) is 2.09. The summed E-state index contributed by atoms with van der Waals surface area (Å²) in [6, 6.07) is 13.5. The normalized spacial score (nSPS) is 16.4. The second kappa shape index (κ2) is 7.19. The lowest BCUT2D eigenvalue weighted by Crippen LogP contribution is -2.49. The van der Waals surface area contributed by atoms with E-state index in [-0.39, 0.29) is 18.2 Å². The molecule has 2 aliphatic rings. The molecule has 2 aliphatic heterocycles. The molecule has 1 N–H and O–H groups in total. The van der Waals surface area contributed by atoms with E-state index in [2.05, 4.69) is 10.4 Å². The summed E-state index contributed by atoms with van der Waals surface area (Å²) in [6.07, 6.45) is -3.01. The Morgan fingerprint density at radius 1 is 1.07 bits per heavy atom. The number of nitrogens with zero attached hydrogens (tertiary/aromatic N) is 3. The molecule has 0 fully saturated rings. The maximum absolute atomic E-state index is 12.9. The van der Waals surface area contributed by atoms with E-state index < -0.39 is 11.7 Å². The summed E-state index contributed by atoms with van der Waals surface area (Å²) in [5.41, 5.74) is 6.01. The van der Waals surface area contributed by atoms with Crippen LogP contribution in [0.1, 0.15) is 29.2 Å². The lowest BCUT2D eigenvalue weighted by Gasteiger charge is -2.36. The molecule has 5 nitrogen and oxygen atoms in total. The van der Waals surface area contributed by atoms with Gasteiger partial charge in [-0.2, -0.15) is 18.4 Å². The fourth-order valence-electron chi connectivity index (χ4n) is 3.35. The average molecular weight is 408 g/mol. The molecule has 2 heterocycles. The number of alkyl halides is 3. The number of rotatable bonds is 2. The van der Waals surface area contributed by atoms with Crippen molar-refractivity contribution < 1.29 is 18.0 Å². The molecule has 0 spiro atoms. The Morgan fingerprint density at radius 2 is 1.70 bits per heavy atom. The number of carbonyl (C=O) groups is 1. The number of ketones is 1. The van der Waals surface area contributed by atoms with Crippen molar-refractivity contribution in [2.45, 2.75) is 13.1 Å². The van der Waals surface area contributed by atoms with Gasteiger partial charge in [-0.25, -0.2) is 5.01 Å². The SMILES string of the molecule is CC1=C(c2ccc(C(F)(F)F)cc2)N2NC(c3ccc(C#N)cc3)=CC(=O)C2=NC1. The van der Waals surface area contributed by atoms with Crippen LogP contribution in [0.15, 0.2) is 65.2 Å². The van der Waals surface area contributed by atoms with E-state index in [1.807, 2.05) is 13.0 Å². The zero-order valence-electron chi connectivity index (χ0n) is 15.8. The zero-order chi connectivity index (χ0) is 21.5. The van der Waals surface area contributed by atoms with Gasteiger partial charge in [-0.15, -0.1) is 0 Å². The van der Waals surface area contributed by atoms with E-state index in [4.69, 9.17) is 5.26 Å². The number of carbonyl (C=O) groups excluding carboxylic acids is 1. The van der Waals surface area contributed by atoms with Crippen molar-refractivity contribution in [3.05, 3.63) is 82.4 Å². The summed E-state index contributed by atoms with van der Waals surface area (Å²) < 4.78 is 38.8. The van der Waals surface area contributed by atoms with Crippen molar-refractivity contribution in [2.24, 2.45) is 4.99 Å². The van der Waals surface area contributed by atoms with Crippen LogP contribution in [0.3, 0.4) is 0 Å². The van der Waals surface area contributed by atoms with Gasteiger partial charge in [0.1, 0.15) is 0 Å². The molecule has 0 atom stereocenters. The molecular formula is C22H15F3N4O. The van der Waals surface area contributed by atoms with Crippen molar-refractivity contribution in [1.29, 1.82) is 5.26 Å². The number of nitriles is 1. The summed E-state index contributed by atoms with van der Waals surface area (Å²) in [7, 11) is 0. The van der Waals surface area contributed by atoms with Gasteiger partial charge in [-0.3, -0.25) is 15.2 Å². The van der Waals surface area contributed by atoms with Crippen LogP contribution in [-0.4, -0.2) is 23.2 Å². The third-order valence-corrected chi connectivity index (χ3v) is 4.84. The highest BCUT2D eigenvalue weighted by molar-refractivity contribution is 6.46. The Balaban J connectivity index is 1.71. The maximum atomic E-state index is 12.9. The Kier molecular flexibility index (Phi) is 4.66. The summed E-state index contributed by atoms with van der Waals surface area (Å²) >= 11 is 0. The lowest BCUT2D eigenvalue weighted by molar-refractivity contribution is -0.137. The molecule has 0 saturated heterocycles. The molecule has 0 bridgehead atoms. The minimum atomic E-state index is -4.42. The molecular weight excluding hydrogens is 393 g/mol. The van der Waals surface area contributed by atoms with Crippen LogP contribution in [0.2, 0.25) is 0 Å². The van der Waals surface area contributed by atoms with E-state index in [9.17, 15) is 18.0 Å². The van der Waals surface area contributed by atoms with Crippen LogP contribution < -0.4 is 5.43 Å². The van der Waals surface area contributed by atoms with Crippen molar-refractivity contribution in [3.63, 3.8) is 0 Å². The number of halogens is 3. The minimum Gasteiger partial charge on any atom is -0.292 e. The number of hydrazine groups is 1. The topological polar surface area (TPSA) is 68.5 Å². The van der Waals surface area contributed by atoms with E-state index in [1.165, 1.54) is 23.2 Å². The van der Waals surface area contributed by atoms with Crippen molar-refractivity contribution in [2.75, 3.05) is 6.54 Å². The van der Waals surface area contributed by atoms with Gasteiger partial charge < -0.3 is 0 Å². The average Bonchev–Trinajstić information content (AvgIpc) is 2.73. The van der Waals surface area contributed by atoms with E-state index in [0.717, 1.165) is 17.7 Å².